The molecule has 0 bridgehead atoms. The molecule has 0 heterocycles. The minimum absolute atomic E-state index is 0.427. The standard InChI is InChI=1S/C24H26F6O2/c1-2-16-3-5-17(6-4-16)7-8-18-9-11-19(12-10-18)23(26,27)31-20-13-14-22(21(25)15-20)32-24(28,29)30/h9-17H,2-8H2,1H3. The van der Waals surface area contributed by atoms with E-state index in [0.29, 0.717) is 18.1 Å². The number of aryl methyl sites for hydroxylation is 1. The summed E-state index contributed by atoms with van der Waals surface area (Å²) >= 11 is 0. The Labute approximate surface area is 183 Å². The molecule has 0 atom stereocenters. The zero-order valence-corrected chi connectivity index (χ0v) is 17.7. The maximum Gasteiger partial charge on any atom is 0.573 e. The van der Waals surface area contributed by atoms with Crippen molar-refractivity contribution in [3.8, 4) is 11.5 Å². The van der Waals surface area contributed by atoms with Crippen LogP contribution in [0.2, 0.25) is 0 Å². The van der Waals surface area contributed by atoms with E-state index in [0.717, 1.165) is 30.4 Å². The summed E-state index contributed by atoms with van der Waals surface area (Å²) in [6.07, 6.45) is -0.879. The number of hydrogen-bond acceptors (Lipinski definition) is 2. The minimum Gasteiger partial charge on any atom is -0.429 e. The van der Waals surface area contributed by atoms with Gasteiger partial charge < -0.3 is 9.47 Å². The molecular formula is C24H26F6O2. The molecule has 0 aliphatic heterocycles. The van der Waals surface area contributed by atoms with Gasteiger partial charge in [0, 0.05) is 6.07 Å². The van der Waals surface area contributed by atoms with E-state index in [-0.39, 0.29) is 0 Å². The zero-order chi connectivity index (χ0) is 23.4. The molecule has 8 heteroatoms. The molecule has 0 radical (unpaired) electrons. The van der Waals surface area contributed by atoms with Crippen molar-refractivity contribution in [2.45, 2.75) is 64.3 Å². The first-order valence-corrected chi connectivity index (χ1v) is 10.8. The Morgan fingerprint density at radius 2 is 1.47 bits per heavy atom. The molecule has 0 spiro atoms. The van der Waals surface area contributed by atoms with Gasteiger partial charge in [0.1, 0.15) is 5.75 Å². The average Bonchev–Trinajstić information content (AvgIpc) is 2.74. The lowest BCUT2D eigenvalue weighted by atomic mass is 9.78. The Hall–Kier alpha value is -2.38. The summed E-state index contributed by atoms with van der Waals surface area (Å²) in [4.78, 5) is 0. The van der Waals surface area contributed by atoms with E-state index in [2.05, 4.69) is 16.4 Å². The molecule has 2 nitrogen and oxygen atoms in total. The molecule has 2 aromatic carbocycles. The predicted molar refractivity (Wildman–Crippen MR) is 108 cm³/mol. The van der Waals surface area contributed by atoms with Gasteiger partial charge in [-0.25, -0.2) is 4.39 Å². The Morgan fingerprint density at radius 3 is 2.03 bits per heavy atom. The van der Waals surface area contributed by atoms with Gasteiger partial charge in [-0.2, -0.15) is 8.78 Å². The van der Waals surface area contributed by atoms with Crippen molar-refractivity contribution in [1.29, 1.82) is 0 Å². The third-order valence-electron chi connectivity index (χ3n) is 6.05. The highest BCUT2D eigenvalue weighted by molar-refractivity contribution is 5.34. The fourth-order valence-electron chi connectivity index (χ4n) is 4.12. The quantitative estimate of drug-likeness (QED) is 0.372. The highest BCUT2D eigenvalue weighted by atomic mass is 19.4. The number of alkyl halides is 5. The van der Waals surface area contributed by atoms with Crippen molar-refractivity contribution < 1.29 is 35.8 Å². The molecule has 32 heavy (non-hydrogen) atoms. The number of hydrogen-bond donors (Lipinski definition) is 0. The lowest BCUT2D eigenvalue weighted by Gasteiger charge is -2.27. The molecule has 1 saturated carbocycles. The summed E-state index contributed by atoms with van der Waals surface area (Å²) < 4.78 is 87.3. The fraction of sp³-hybridized carbons (Fsp3) is 0.500. The monoisotopic (exact) mass is 460 g/mol. The van der Waals surface area contributed by atoms with Gasteiger partial charge in [0.25, 0.3) is 0 Å². The first kappa shape index (κ1) is 24.3. The maximum atomic E-state index is 14.5. The first-order chi connectivity index (χ1) is 15.1. The lowest BCUT2D eigenvalue weighted by Crippen LogP contribution is -2.22. The van der Waals surface area contributed by atoms with Crippen molar-refractivity contribution in [1.82, 2.24) is 0 Å². The number of halogens is 6. The normalized spacial score (nSPS) is 19.6. The van der Waals surface area contributed by atoms with Crippen LogP contribution in [0, 0.1) is 17.7 Å². The van der Waals surface area contributed by atoms with Crippen molar-refractivity contribution in [2.75, 3.05) is 0 Å². The summed E-state index contributed by atoms with van der Waals surface area (Å²) in [5.74, 6) is -1.70. The molecule has 2 aromatic rings. The summed E-state index contributed by atoms with van der Waals surface area (Å²) in [5, 5.41) is 0. The maximum absolute atomic E-state index is 14.5. The van der Waals surface area contributed by atoms with Gasteiger partial charge in [-0.05, 0) is 54.5 Å². The van der Waals surface area contributed by atoms with Gasteiger partial charge in [0.15, 0.2) is 11.6 Å². The highest BCUT2D eigenvalue weighted by Gasteiger charge is 2.36. The summed E-state index contributed by atoms with van der Waals surface area (Å²) in [7, 11) is 0. The topological polar surface area (TPSA) is 18.5 Å². The van der Waals surface area contributed by atoms with Crippen molar-refractivity contribution in [3.05, 3.63) is 59.4 Å². The molecule has 0 unspecified atom stereocenters. The van der Waals surface area contributed by atoms with Crippen molar-refractivity contribution in [2.24, 2.45) is 11.8 Å². The molecule has 0 amide bonds. The van der Waals surface area contributed by atoms with E-state index in [1.165, 1.54) is 44.2 Å². The van der Waals surface area contributed by atoms with Gasteiger partial charge >= 0.3 is 12.5 Å². The lowest BCUT2D eigenvalue weighted by molar-refractivity contribution is -0.275. The smallest absolute Gasteiger partial charge is 0.429 e. The summed E-state index contributed by atoms with van der Waals surface area (Å²) in [5.41, 5.74) is 0.516. The van der Waals surface area contributed by atoms with Gasteiger partial charge in [-0.1, -0.05) is 51.2 Å². The number of benzene rings is 2. The van der Waals surface area contributed by atoms with Crippen molar-refractivity contribution >= 4 is 0 Å². The van der Waals surface area contributed by atoms with E-state index in [9.17, 15) is 26.3 Å². The van der Waals surface area contributed by atoms with Gasteiger partial charge in [-0.15, -0.1) is 13.2 Å². The van der Waals surface area contributed by atoms with E-state index in [1.54, 1.807) is 12.1 Å². The molecule has 0 saturated heterocycles. The van der Waals surface area contributed by atoms with Crippen LogP contribution in [0.5, 0.6) is 11.5 Å². The highest BCUT2D eigenvalue weighted by Crippen LogP contribution is 2.36. The molecule has 1 fully saturated rings. The second kappa shape index (κ2) is 10.0. The Morgan fingerprint density at radius 1 is 0.844 bits per heavy atom. The second-order valence-corrected chi connectivity index (χ2v) is 8.29. The third kappa shape index (κ3) is 6.81. The van der Waals surface area contributed by atoms with Crippen LogP contribution in [0.4, 0.5) is 26.3 Å². The van der Waals surface area contributed by atoms with Crippen LogP contribution in [0.15, 0.2) is 42.5 Å². The second-order valence-electron chi connectivity index (χ2n) is 8.29. The van der Waals surface area contributed by atoms with E-state index in [1.807, 2.05) is 0 Å². The molecule has 1 aliphatic rings. The van der Waals surface area contributed by atoms with E-state index >= 15 is 0 Å². The third-order valence-corrected chi connectivity index (χ3v) is 6.05. The Kier molecular flexibility index (Phi) is 7.62. The molecular weight excluding hydrogens is 434 g/mol. The van der Waals surface area contributed by atoms with Crippen LogP contribution in [-0.2, 0) is 12.5 Å². The largest absolute Gasteiger partial charge is 0.573 e. The van der Waals surface area contributed by atoms with E-state index in [4.69, 9.17) is 0 Å². The SMILES string of the molecule is CCC1CCC(CCc2ccc(C(F)(F)Oc3ccc(OC(F)(F)F)c(F)c3)cc2)CC1. The number of rotatable bonds is 8. The fourth-order valence-corrected chi connectivity index (χ4v) is 4.12. The van der Waals surface area contributed by atoms with Gasteiger partial charge in [-0.3, -0.25) is 0 Å². The molecule has 3 rings (SSSR count). The molecule has 1 aliphatic carbocycles. The Balaban J connectivity index is 1.57. The van der Waals surface area contributed by atoms with Crippen LogP contribution in [0.3, 0.4) is 0 Å². The molecule has 176 valence electrons. The van der Waals surface area contributed by atoms with Crippen LogP contribution in [0.1, 0.15) is 56.6 Å². The van der Waals surface area contributed by atoms with E-state index < -0.39 is 35.4 Å². The number of ether oxygens (including phenoxy) is 2. The Bertz CT molecular complexity index is 871. The summed E-state index contributed by atoms with van der Waals surface area (Å²) in [6, 6.07) is 7.54. The zero-order valence-electron chi connectivity index (χ0n) is 17.7. The van der Waals surface area contributed by atoms with Crippen LogP contribution in [-0.4, -0.2) is 6.36 Å². The summed E-state index contributed by atoms with van der Waals surface area (Å²) in [6.45, 7) is 2.22. The van der Waals surface area contributed by atoms with Gasteiger partial charge in [0.05, 0.1) is 5.56 Å². The average molecular weight is 460 g/mol. The van der Waals surface area contributed by atoms with Crippen LogP contribution < -0.4 is 9.47 Å². The molecule has 0 N–H and O–H groups in total. The predicted octanol–water partition coefficient (Wildman–Crippen LogP) is 8.00. The molecule has 0 aromatic heterocycles. The van der Waals surface area contributed by atoms with Crippen molar-refractivity contribution in [3.63, 3.8) is 0 Å². The minimum atomic E-state index is -5.09. The van der Waals surface area contributed by atoms with Crippen LogP contribution >= 0.6 is 0 Å². The van der Waals surface area contributed by atoms with Gasteiger partial charge in [0.2, 0.25) is 0 Å². The first-order valence-electron chi connectivity index (χ1n) is 10.8. The van der Waals surface area contributed by atoms with Crippen LogP contribution in [0.25, 0.3) is 0 Å².